The van der Waals surface area contributed by atoms with Crippen LogP contribution in [0.2, 0.25) is 0 Å². The van der Waals surface area contributed by atoms with Crippen molar-refractivity contribution in [2.45, 2.75) is 31.1 Å². The molecule has 8 heteroatoms. The van der Waals surface area contributed by atoms with Gasteiger partial charge in [-0.15, -0.1) is 10.2 Å². The zero-order chi connectivity index (χ0) is 20.6. The molecule has 0 N–H and O–H groups in total. The second-order valence-electron chi connectivity index (χ2n) is 7.84. The zero-order valence-corrected chi connectivity index (χ0v) is 16.1. The molecular weight excluding hydrogens is 376 g/mol. The molecular formula is C21H21F2N5O. The van der Waals surface area contributed by atoms with Crippen molar-refractivity contribution >= 4 is 11.7 Å². The van der Waals surface area contributed by atoms with Gasteiger partial charge in [-0.2, -0.15) is 5.26 Å². The molecule has 1 aromatic carbocycles. The summed E-state index contributed by atoms with van der Waals surface area (Å²) in [5, 5.41) is 16.7. The Bertz CT molecular complexity index is 947. The highest BCUT2D eigenvalue weighted by Crippen LogP contribution is 2.61. The van der Waals surface area contributed by atoms with Crippen molar-refractivity contribution in [1.82, 2.24) is 15.1 Å². The van der Waals surface area contributed by atoms with Crippen molar-refractivity contribution < 1.29 is 13.6 Å². The normalized spacial score (nSPS) is 22.8. The number of nitrogens with zero attached hydrogens (tertiary/aromatic N) is 5. The lowest BCUT2D eigenvalue weighted by Crippen LogP contribution is -2.49. The van der Waals surface area contributed by atoms with Gasteiger partial charge in [-0.3, -0.25) is 4.79 Å². The van der Waals surface area contributed by atoms with Crippen molar-refractivity contribution in [1.29, 1.82) is 5.26 Å². The van der Waals surface area contributed by atoms with Crippen molar-refractivity contribution in [3.05, 3.63) is 53.2 Å². The van der Waals surface area contributed by atoms with Gasteiger partial charge in [0.1, 0.15) is 6.07 Å². The predicted molar refractivity (Wildman–Crippen MR) is 103 cm³/mol. The van der Waals surface area contributed by atoms with Crippen LogP contribution in [0, 0.1) is 11.3 Å². The SMILES string of the molecule is CC1(c2ccc(CC(=O)N3CCN(c4ccc(C#N)nn4)CC3)cc2)CC1(F)F. The Hall–Kier alpha value is -3.08. The maximum Gasteiger partial charge on any atom is 0.258 e. The summed E-state index contributed by atoms with van der Waals surface area (Å²) in [4.78, 5) is 16.4. The topological polar surface area (TPSA) is 73.1 Å². The summed E-state index contributed by atoms with van der Waals surface area (Å²) in [5.74, 6) is -1.92. The van der Waals surface area contributed by atoms with Crippen LogP contribution >= 0.6 is 0 Å². The number of anilines is 1. The van der Waals surface area contributed by atoms with E-state index in [1.807, 2.05) is 11.0 Å². The van der Waals surface area contributed by atoms with Gasteiger partial charge in [-0.25, -0.2) is 8.78 Å². The predicted octanol–water partition coefficient (Wildman–Crippen LogP) is 2.54. The molecule has 150 valence electrons. The molecule has 2 fully saturated rings. The van der Waals surface area contributed by atoms with Crippen molar-refractivity contribution in [3.8, 4) is 6.07 Å². The molecule has 4 rings (SSSR count). The average Bonchev–Trinajstić information content (AvgIpc) is 3.27. The van der Waals surface area contributed by atoms with E-state index in [1.54, 1.807) is 48.2 Å². The molecule has 0 radical (unpaired) electrons. The number of amides is 1. The molecule has 1 amide bonds. The molecule has 1 atom stereocenters. The highest BCUT2D eigenvalue weighted by Gasteiger charge is 2.68. The summed E-state index contributed by atoms with van der Waals surface area (Å²) in [7, 11) is 0. The van der Waals surface area contributed by atoms with Gasteiger partial charge in [0.05, 0.1) is 11.8 Å². The number of piperazine rings is 1. The molecule has 1 saturated carbocycles. The molecule has 1 unspecified atom stereocenters. The first-order valence-corrected chi connectivity index (χ1v) is 9.56. The number of aromatic nitrogens is 2. The molecule has 0 spiro atoms. The van der Waals surface area contributed by atoms with Crippen LogP contribution in [-0.2, 0) is 16.6 Å². The first-order valence-electron chi connectivity index (χ1n) is 9.56. The van der Waals surface area contributed by atoms with Crippen LogP contribution in [0.4, 0.5) is 14.6 Å². The molecule has 29 heavy (non-hydrogen) atoms. The van der Waals surface area contributed by atoms with Crippen molar-refractivity contribution in [2.24, 2.45) is 0 Å². The molecule has 6 nitrogen and oxygen atoms in total. The smallest absolute Gasteiger partial charge is 0.258 e. The third-order valence-corrected chi connectivity index (χ3v) is 5.93. The number of hydrogen-bond acceptors (Lipinski definition) is 5. The first-order chi connectivity index (χ1) is 13.8. The van der Waals surface area contributed by atoms with Crippen LogP contribution in [0.15, 0.2) is 36.4 Å². The largest absolute Gasteiger partial charge is 0.352 e. The first kappa shape index (κ1) is 19.2. The van der Waals surface area contributed by atoms with E-state index in [4.69, 9.17) is 5.26 Å². The Labute approximate surface area is 167 Å². The number of alkyl halides is 2. The number of hydrogen-bond donors (Lipinski definition) is 0. The van der Waals surface area contributed by atoms with Gasteiger partial charge in [0.2, 0.25) is 5.91 Å². The zero-order valence-electron chi connectivity index (χ0n) is 16.1. The van der Waals surface area contributed by atoms with Gasteiger partial charge < -0.3 is 9.80 Å². The van der Waals surface area contributed by atoms with E-state index < -0.39 is 11.3 Å². The number of carbonyl (C=O) groups excluding carboxylic acids is 1. The summed E-state index contributed by atoms with van der Waals surface area (Å²) in [5.41, 5.74) is 0.649. The van der Waals surface area contributed by atoms with E-state index in [-0.39, 0.29) is 24.4 Å². The summed E-state index contributed by atoms with van der Waals surface area (Å²) < 4.78 is 27.0. The van der Waals surface area contributed by atoms with E-state index in [1.165, 1.54) is 0 Å². The standard InChI is InChI=1S/C21H21F2N5O/c1-20(14-21(20,22)23)16-4-2-15(3-5-16)12-19(29)28-10-8-27(9-11-28)18-7-6-17(13-24)25-26-18/h2-7H,8-12,14H2,1H3. The fourth-order valence-electron chi connectivity index (χ4n) is 3.73. The number of halogens is 2. The Kier molecular flexibility index (Phi) is 4.69. The Morgan fingerprint density at radius 2 is 1.76 bits per heavy atom. The molecule has 1 saturated heterocycles. The lowest BCUT2D eigenvalue weighted by Gasteiger charge is -2.35. The molecule has 1 aromatic heterocycles. The van der Waals surface area contributed by atoms with Crippen LogP contribution in [0.25, 0.3) is 0 Å². The van der Waals surface area contributed by atoms with E-state index in [0.717, 1.165) is 5.56 Å². The molecule has 2 aliphatic rings. The van der Waals surface area contributed by atoms with Crippen molar-refractivity contribution in [3.63, 3.8) is 0 Å². The summed E-state index contributed by atoms with van der Waals surface area (Å²) in [6.07, 6.45) is 0.135. The highest BCUT2D eigenvalue weighted by molar-refractivity contribution is 5.79. The van der Waals surface area contributed by atoms with E-state index in [0.29, 0.717) is 37.6 Å². The lowest BCUT2D eigenvalue weighted by molar-refractivity contribution is -0.130. The van der Waals surface area contributed by atoms with Gasteiger partial charge in [-0.05, 0) is 30.2 Å². The average molecular weight is 397 g/mol. The minimum Gasteiger partial charge on any atom is -0.352 e. The number of nitriles is 1. The van der Waals surface area contributed by atoms with Crippen molar-refractivity contribution in [2.75, 3.05) is 31.1 Å². The van der Waals surface area contributed by atoms with Gasteiger partial charge in [-0.1, -0.05) is 24.3 Å². The molecule has 2 heterocycles. The van der Waals surface area contributed by atoms with Gasteiger partial charge in [0, 0.05) is 32.6 Å². The third-order valence-electron chi connectivity index (χ3n) is 5.93. The van der Waals surface area contributed by atoms with Crippen LogP contribution in [0.5, 0.6) is 0 Å². The maximum absolute atomic E-state index is 13.5. The fraction of sp³-hybridized carbons (Fsp3) is 0.429. The second-order valence-corrected chi connectivity index (χ2v) is 7.84. The summed E-state index contributed by atoms with van der Waals surface area (Å²) in [6, 6.07) is 12.3. The van der Waals surface area contributed by atoms with Gasteiger partial charge >= 0.3 is 0 Å². The minimum atomic E-state index is -2.64. The number of benzene rings is 1. The highest BCUT2D eigenvalue weighted by atomic mass is 19.3. The number of rotatable bonds is 4. The van der Waals surface area contributed by atoms with Gasteiger partial charge in [0.25, 0.3) is 5.92 Å². The quantitative estimate of drug-likeness (QED) is 0.793. The van der Waals surface area contributed by atoms with E-state index in [9.17, 15) is 13.6 Å². The summed E-state index contributed by atoms with van der Waals surface area (Å²) >= 11 is 0. The second kappa shape index (κ2) is 7.07. The molecule has 1 aliphatic heterocycles. The molecule has 0 bridgehead atoms. The van der Waals surface area contributed by atoms with Gasteiger partial charge in [0.15, 0.2) is 11.5 Å². The third kappa shape index (κ3) is 3.65. The Morgan fingerprint density at radius 1 is 1.10 bits per heavy atom. The van der Waals surface area contributed by atoms with E-state index in [2.05, 4.69) is 10.2 Å². The maximum atomic E-state index is 13.5. The van der Waals surface area contributed by atoms with Crippen LogP contribution in [-0.4, -0.2) is 53.1 Å². The number of carbonyl (C=O) groups is 1. The Balaban J connectivity index is 1.31. The van der Waals surface area contributed by atoms with Crippen LogP contribution in [0.1, 0.15) is 30.2 Å². The van der Waals surface area contributed by atoms with Crippen LogP contribution < -0.4 is 4.90 Å². The Morgan fingerprint density at radius 3 is 2.28 bits per heavy atom. The lowest BCUT2D eigenvalue weighted by atomic mass is 9.96. The van der Waals surface area contributed by atoms with E-state index >= 15 is 0 Å². The van der Waals surface area contributed by atoms with Crippen LogP contribution in [0.3, 0.4) is 0 Å². The monoisotopic (exact) mass is 397 g/mol. The summed E-state index contributed by atoms with van der Waals surface area (Å²) in [6.45, 7) is 3.99. The molecule has 2 aromatic rings. The minimum absolute atomic E-state index is 0.0197. The fourth-order valence-corrected chi connectivity index (χ4v) is 3.73. The molecule has 1 aliphatic carbocycles.